The molecule has 2 aromatic carbocycles. The van der Waals surface area contributed by atoms with E-state index in [0.29, 0.717) is 13.1 Å². The molecular weight excluding hydrogens is 421 g/mol. The van der Waals surface area contributed by atoms with E-state index in [9.17, 15) is 22.4 Å². The summed E-state index contributed by atoms with van der Waals surface area (Å²) in [7, 11) is -3.84. The Hall–Kier alpha value is -2.29. The van der Waals surface area contributed by atoms with E-state index < -0.39 is 34.2 Å². The van der Waals surface area contributed by atoms with Gasteiger partial charge in [-0.15, -0.1) is 0 Å². The Morgan fingerprint density at radius 1 is 1.00 bits per heavy atom. The second-order valence-electron chi connectivity index (χ2n) is 6.62. The number of rotatable bonds is 6. The molecular formula is C20H19ClFNO5S. The summed E-state index contributed by atoms with van der Waals surface area (Å²) in [6.45, 7) is 0.250. The molecule has 0 unspecified atom stereocenters. The van der Waals surface area contributed by atoms with Crippen molar-refractivity contribution < 1.29 is 27.1 Å². The maximum atomic E-state index is 12.9. The number of carbonyl (C=O) groups excluding carboxylic acids is 2. The fourth-order valence-corrected chi connectivity index (χ4v) is 5.02. The second-order valence-corrected chi connectivity index (χ2v) is 8.93. The Morgan fingerprint density at radius 2 is 1.62 bits per heavy atom. The van der Waals surface area contributed by atoms with Crippen molar-refractivity contribution in [2.75, 3.05) is 19.7 Å². The summed E-state index contributed by atoms with van der Waals surface area (Å²) in [6, 6.07) is 8.65. The number of nitrogens with zero attached hydrogens (tertiary/aromatic N) is 1. The smallest absolute Gasteiger partial charge is 0.338 e. The first kappa shape index (κ1) is 21.4. The number of piperidine rings is 1. The van der Waals surface area contributed by atoms with Gasteiger partial charge in [0.1, 0.15) is 10.7 Å². The molecule has 1 saturated heterocycles. The summed E-state index contributed by atoms with van der Waals surface area (Å²) in [5, 5.41) is 0.00881. The van der Waals surface area contributed by atoms with Gasteiger partial charge in [0.05, 0.1) is 10.6 Å². The van der Waals surface area contributed by atoms with E-state index in [0.717, 1.165) is 37.5 Å². The van der Waals surface area contributed by atoms with E-state index in [1.54, 1.807) is 0 Å². The minimum atomic E-state index is -3.84. The highest BCUT2D eigenvalue weighted by molar-refractivity contribution is 7.89. The lowest BCUT2D eigenvalue weighted by molar-refractivity contribution is 0.0474. The summed E-state index contributed by atoms with van der Waals surface area (Å²) in [4.78, 5) is 24.2. The summed E-state index contributed by atoms with van der Waals surface area (Å²) >= 11 is 6.08. The molecule has 0 amide bonds. The van der Waals surface area contributed by atoms with Crippen LogP contribution < -0.4 is 0 Å². The van der Waals surface area contributed by atoms with Gasteiger partial charge in [0, 0.05) is 18.7 Å². The summed E-state index contributed by atoms with van der Waals surface area (Å²) in [5.41, 5.74) is 0.167. The molecule has 1 heterocycles. The van der Waals surface area contributed by atoms with Crippen LogP contribution in [0.4, 0.5) is 4.39 Å². The predicted molar refractivity (Wildman–Crippen MR) is 105 cm³/mol. The monoisotopic (exact) mass is 439 g/mol. The number of hydrogen-bond acceptors (Lipinski definition) is 5. The number of Topliss-reactive ketones (excluding diaryl/α,β-unsaturated/α-hetero) is 1. The van der Waals surface area contributed by atoms with Crippen molar-refractivity contribution in [1.82, 2.24) is 4.31 Å². The largest absolute Gasteiger partial charge is 0.454 e. The molecule has 1 aliphatic heterocycles. The molecule has 0 radical (unpaired) electrons. The average Bonchev–Trinajstić information content (AvgIpc) is 2.73. The van der Waals surface area contributed by atoms with Crippen LogP contribution in [0.15, 0.2) is 47.4 Å². The van der Waals surface area contributed by atoms with Crippen LogP contribution in [-0.4, -0.2) is 44.2 Å². The number of benzene rings is 2. The van der Waals surface area contributed by atoms with Crippen LogP contribution in [0.5, 0.6) is 0 Å². The molecule has 0 aromatic heterocycles. The Morgan fingerprint density at radius 3 is 2.28 bits per heavy atom. The molecule has 1 aliphatic rings. The third-order valence-electron chi connectivity index (χ3n) is 4.60. The third-order valence-corrected chi connectivity index (χ3v) is 6.98. The molecule has 2 aromatic rings. The quantitative estimate of drug-likeness (QED) is 0.506. The van der Waals surface area contributed by atoms with Crippen LogP contribution in [0.3, 0.4) is 0 Å². The highest BCUT2D eigenvalue weighted by atomic mass is 35.5. The van der Waals surface area contributed by atoms with Crippen molar-refractivity contribution in [2.24, 2.45) is 0 Å². The second kappa shape index (κ2) is 9.02. The van der Waals surface area contributed by atoms with Gasteiger partial charge in [0.15, 0.2) is 12.4 Å². The number of ether oxygens (including phenoxy) is 1. The molecule has 3 rings (SSSR count). The first-order valence-corrected chi connectivity index (χ1v) is 10.9. The SMILES string of the molecule is O=C(COC(=O)c1ccc(Cl)c(S(=O)(=O)N2CCCCC2)c1)c1ccc(F)cc1. The van der Waals surface area contributed by atoms with E-state index in [-0.39, 0.29) is 21.0 Å². The van der Waals surface area contributed by atoms with E-state index in [4.69, 9.17) is 16.3 Å². The number of hydrogen-bond donors (Lipinski definition) is 0. The van der Waals surface area contributed by atoms with Crippen molar-refractivity contribution in [3.05, 3.63) is 64.4 Å². The van der Waals surface area contributed by atoms with E-state index >= 15 is 0 Å². The maximum Gasteiger partial charge on any atom is 0.338 e. The Kier molecular flexibility index (Phi) is 6.66. The van der Waals surface area contributed by atoms with Gasteiger partial charge in [0.25, 0.3) is 0 Å². The third kappa shape index (κ3) is 5.01. The number of ketones is 1. The lowest BCUT2D eigenvalue weighted by Crippen LogP contribution is -2.35. The first-order valence-electron chi connectivity index (χ1n) is 9.04. The fraction of sp³-hybridized carbons (Fsp3) is 0.300. The lowest BCUT2D eigenvalue weighted by atomic mass is 10.1. The zero-order chi connectivity index (χ0) is 21.0. The number of esters is 1. The van der Waals surface area contributed by atoms with Crippen molar-refractivity contribution in [1.29, 1.82) is 0 Å². The van der Waals surface area contributed by atoms with Crippen LogP contribution >= 0.6 is 11.6 Å². The minimum absolute atomic E-state index is 0.00881. The molecule has 1 fully saturated rings. The molecule has 0 spiro atoms. The van der Waals surface area contributed by atoms with Gasteiger partial charge in [-0.2, -0.15) is 4.31 Å². The summed E-state index contributed by atoms with van der Waals surface area (Å²) < 4.78 is 45.0. The number of halogens is 2. The standard InChI is InChI=1S/C20H19ClFNO5S/c21-17-9-6-15(12-19(17)29(26,27)23-10-2-1-3-11-23)20(25)28-13-18(24)14-4-7-16(22)8-5-14/h4-9,12H,1-3,10-11,13H2. The summed E-state index contributed by atoms with van der Waals surface area (Å²) in [5.74, 6) is -1.84. The normalized spacial score (nSPS) is 15.1. The summed E-state index contributed by atoms with van der Waals surface area (Å²) in [6.07, 6.45) is 2.50. The zero-order valence-electron chi connectivity index (χ0n) is 15.4. The molecule has 9 heteroatoms. The average molecular weight is 440 g/mol. The Balaban J connectivity index is 1.73. The Labute approximate surface area is 173 Å². The van der Waals surface area contributed by atoms with Crippen LogP contribution in [0.1, 0.15) is 40.0 Å². The van der Waals surface area contributed by atoms with Gasteiger partial charge in [-0.1, -0.05) is 18.0 Å². The van der Waals surface area contributed by atoms with Crippen molar-refractivity contribution in [2.45, 2.75) is 24.2 Å². The maximum absolute atomic E-state index is 12.9. The Bertz CT molecular complexity index is 1020. The van der Waals surface area contributed by atoms with Crippen LogP contribution in [0.25, 0.3) is 0 Å². The molecule has 154 valence electrons. The van der Waals surface area contributed by atoms with Crippen molar-refractivity contribution in [3.63, 3.8) is 0 Å². The van der Waals surface area contributed by atoms with Gasteiger partial charge >= 0.3 is 5.97 Å². The molecule has 0 N–H and O–H groups in total. The lowest BCUT2D eigenvalue weighted by Gasteiger charge is -2.26. The first-order chi connectivity index (χ1) is 13.8. The van der Waals surface area contributed by atoms with Crippen LogP contribution in [-0.2, 0) is 14.8 Å². The van der Waals surface area contributed by atoms with Crippen molar-refractivity contribution >= 4 is 33.4 Å². The van der Waals surface area contributed by atoms with Crippen LogP contribution in [0.2, 0.25) is 5.02 Å². The van der Waals surface area contributed by atoms with E-state index in [1.165, 1.54) is 28.6 Å². The van der Waals surface area contributed by atoms with Crippen LogP contribution in [0, 0.1) is 5.82 Å². The van der Waals surface area contributed by atoms with E-state index in [2.05, 4.69) is 0 Å². The van der Waals surface area contributed by atoms with Gasteiger partial charge in [0.2, 0.25) is 10.0 Å². The van der Waals surface area contributed by atoms with Gasteiger partial charge in [-0.3, -0.25) is 4.79 Å². The number of sulfonamides is 1. The van der Waals surface area contributed by atoms with Gasteiger partial charge in [-0.05, 0) is 55.3 Å². The molecule has 0 aliphatic carbocycles. The molecule has 0 atom stereocenters. The minimum Gasteiger partial charge on any atom is -0.454 e. The molecule has 0 bridgehead atoms. The van der Waals surface area contributed by atoms with E-state index in [1.807, 2.05) is 0 Å². The molecule has 6 nitrogen and oxygen atoms in total. The molecule has 29 heavy (non-hydrogen) atoms. The topological polar surface area (TPSA) is 80.8 Å². The van der Waals surface area contributed by atoms with Gasteiger partial charge < -0.3 is 4.74 Å². The predicted octanol–water partition coefficient (Wildman–Crippen LogP) is 3.69. The zero-order valence-corrected chi connectivity index (χ0v) is 17.0. The fourth-order valence-electron chi connectivity index (χ4n) is 3.01. The molecule has 0 saturated carbocycles. The van der Waals surface area contributed by atoms with Gasteiger partial charge in [-0.25, -0.2) is 17.6 Å². The highest BCUT2D eigenvalue weighted by Gasteiger charge is 2.29. The van der Waals surface area contributed by atoms with Crippen molar-refractivity contribution in [3.8, 4) is 0 Å². The highest BCUT2D eigenvalue weighted by Crippen LogP contribution is 2.28. The number of carbonyl (C=O) groups is 2.